The zero-order chi connectivity index (χ0) is 11.9. The number of ether oxygens (including phenoxy) is 1. The van der Waals surface area contributed by atoms with Crippen molar-refractivity contribution in [3.63, 3.8) is 0 Å². The number of esters is 1. The number of hydrogen-bond acceptors (Lipinski definition) is 4. The van der Waals surface area contributed by atoms with Gasteiger partial charge < -0.3 is 4.74 Å². The second-order valence-corrected chi connectivity index (χ2v) is 5.10. The molecule has 5 heteroatoms. The molecule has 1 amide bonds. The number of carbonyl (C=O) groups excluding carboxylic acids is 2. The maximum absolute atomic E-state index is 11.8. The molecule has 0 N–H and O–H groups in total. The Morgan fingerprint density at radius 3 is 2.88 bits per heavy atom. The van der Waals surface area contributed by atoms with Crippen LogP contribution in [-0.2, 0) is 14.3 Å². The number of amides is 1. The molecule has 1 saturated heterocycles. The third-order valence-corrected chi connectivity index (χ3v) is 4.59. The van der Waals surface area contributed by atoms with Crippen molar-refractivity contribution in [2.24, 2.45) is 5.92 Å². The highest BCUT2D eigenvalue weighted by molar-refractivity contribution is 8.00. The number of carbonyl (C=O) groups is 2. The number of rotatable bonds is 2. The molecule has 88 valence electrons. The first kappa shape index (κ1) is 11.5. The van der Waals surface area contributed by atoms with Gasteiger partial charge in [0.1, 0.15) is 5.70 Å². The van der Waals surface area contributed by atoms with Gasteiger partial charge in [-0.2, -0.15) is 0 Å². The van der Waals surface area contributed by atoms with Crippen LogP contribution in [0.4, 0.5) is 0 Å². The van der Waals surface area contributed by atoms with Crippen LogP contribution in [0.25, 0.3) is 0 Å². The number of thioether (sulfide) groups is 1. The Kier molecular flexibility index (Phi) is 2.97. The summed E-state index contributed by atoms with van der Waals surface area (Å²) in [5.41, 5.74) is 1.49. The zero-order valence-corrected chi connectivity index (χ0v) is 10.5. The maximum Gasteiger partial charge on any atom is 0.354 e. The van der Waals surface area contributed by atoms with Crippen molar-refractivity contribution in [3.05, 3.63) is 11.3 Å². The van der Waals surface area contributed by atoms with E-state index in [1.807, 2.05) is 13.8 Å². The van der Waals surface area contributed by atoms with Gasteiger partial charge in [-0.05, 0) is 12.0 Å². The summed E-state index contributed by atoms with van der Waals surface area (Å²) in [5, 5.41) is 0.122. The van der Waals surface area contributed by atoms with E-state index in [0.29, 0.717) is 5.70 Å². The highest BCUT2D eigenvalue weighted by Gasteiger charge is 2.50. The Labute approximate surface area is 99.0 Å². The lowest BCUT2D eigenvalue weighted by molar-refractivity contribution is -0.152. The molecule has 2 aliphatic heterocycles. The van der Waals surface area contributed by atoms with E-state index in [4.69, 9.17) is 4.74 Å². The van der Waals surface area contributed by atoms with Crippen molar-refractivity contribution in [3.8, 4) is 0 Å². The fraction of sp³-hybridized carbons (Fsp3) is 0.636. The van der Waals surface area contributed by atoms with Crippen LogP contribution < -0.4 is 0 Å². The molecule has 2 atom stereocenters. The fourth-order valence-electron chi connectivity index (χ4n) is 2.10. The van der Waals surface area contributed by atoms with Crippen LogP contribution in [0.15, 0.2) is 11.3 Å². The number of nitrogens with zero attached hydrogens (tertiary/aromatic N) is 1. The van der Waals surface area contributed by atoms with Gasteiger partial charge in [0.05, 0.1) is 18.4 Å². The van der Waals surface area contributed by atoms with E-state index in [2.05, 4.69) is 0 Å². The summed E-state index contributed by atoms with van der Waals surface area (Å²) in [7, 11) is 1.35. The summed E-state index contributed by atoms with van der Waals surface area (Å²) in [4.78, 5) is 25.1. The first-order chi connectivity index (χ1) is 7.61. The minimum Gasteiger partial charge on any atom is -0.464 e. The highest BCUT2D eigenvalue weighted by Crippen LogP contribution is 2.44. The standard InChI is InChI=1S/C11H15NO3S/c1-4-7-5-16-10-6(2)9(13)12(10)8(7)11(14)15-3/h6,10H,4-5H2,1-3H3. The summed E-state index contributed by atoms with van der Waals surface area (Å²) in [5.74, 6) is 0.480. The van der Waals surface area contributed by atoms with Gasteiger partial charge >= 0.3 is 5.97 Å². The van der Waals surface area contributed by atoms with Crippen LogP contribution in [0.3, 0.4) is 0 Å². The van der Waals surface area contributed by atoms with Crippen LogP contribution in [-0.4, -0.2) is 35.0 Å². The summed E-state index contributed by atoms with van der Waals surface area (Å²) in [6.45, 7) is 3.90. The van der Waals surface area contributed by atoms with Crippen LogP contribution in [0, 0.1) is 5.92 Å². The lowest BCUT2D eigenvalue weighted by Crippen LogP contribution is -2.60. The van der Waals surface area contributed by atoms with Crippen molar-refractivity contribution >= 4 is 23.6 Å². The predicted octanol–water partition coefficient (Wildman–Crippen LogP) is 1.37. The molecule has 2 unspecified atom stereocenters. The van der Waals surface area contributed by atoms with Gasteiger partial charge in [-0.1, -0.05) is 13.8 Å². The molecule has 2 heterocycles. The van der Waals surface area contributed by atoms with E-state index in [9.17, 15) is 9.59 Å². The van der Waals surface area contributed by atoms with E-state index >= 15 is 0 Å². The molecule has 0 aromatic carbocycles. The monoisotopic (exact) mass is 241 g/mol. The summed E-state index contributed by atoms with van der Waals surface area (Å²) in [6, 6.07) is 0. The van der Waals surface area contributed by atoms with Crippen molar-refractivity contribution in [2.75, 3.05) is 12.9 Å². The molecule has 2 aliphatic rings. The van der Waals surface area contributed by atoms with Crippen LogP contribution in [0.2, 0.25) is 0 Å². The SMILES string of the molecule is CCC1=C(C(=O)OC)N2C(=O)C(C)C2SC1. The van der Waals surface area contributed by atoms with Gasteiger partial charge in [-0.3, -0.25) is 9.69 Å². The maximum atomic E-state index is 11.8. The second kappa shape index (κ2) is 4.13. The van der Waals surface area contributed by atoms with Crippen LogP contribution in [0.5, 0.6) is 0 Å². The molecular formula is C11H15NO3S. The Morgan fingerprint density at radius 2 is 2.31 bits per heavy atom. The van der Waals surface area contributed by atoms with Crippen molar-refractivity contribution in [1.82, 2.24) is 4.90 Å². The van der Waals surface area contributed by atoms with Crippen LogP contribution in [0.1, 0.15) is 20.3 Å². The van der Waals surface area contributed by atoms with E-state index in [1.54, 1.807) is 16.7 Å². The molecular weight excluding hydrogens is 226 g/mol. The predicted molar refractivity (Wildman–Crippen MR) is 61.6 cm³/mol. The van der Waals surface area contributed by atoms with Gasteiger partial charge in [0.25, 0.3) is 0 Å². The van der Waals surface area contributed by atoms with Crippen molar-refractivity contribution in [2.45, 2.75) is 25.6 Å². The van der Waals surface area contributed by atoms with E-state index in [-0.39, 0.29) is 23.2 Å². The Morgan fingerprint density at radius 1 is 1.62 bits per heavy atom. The molecule has 0 aliphatic carbocycles. The minimum atomic E-state index is -0.387. The van der Waals surface area contributed by atoms with Crippen LogP contribution >= 0.6 is 11.8 Å². The summed E-state index contributed by atoms with van der Waals surface area (Å²) >= 11 is 1.73. The second-order valence-electron chi connectivity index (χ2n) is 4.00. The van der Waals surface area contributed by atoms with Gasteiger partial charge in [0.15, 0.2) is 0 Å². The molecule has 2 rings (SSSR count). The fourth-order valence-corrected chi connectivity index (χ4v) is 3.57. The van der Waals surface area contributed by atoms with Gasteiger partial charge in [-0.15, -0.1) is 11.8 Å². The summed E-state index contributed by atoms with van der Waals surface area (Å²) in [6.07, 6.45) is 0.780. The molecule has 0 aromatic heterocycles. The third kappa shape index (κ3) is 1.45. The summed E-state index contributed by atoms with van der Waals surface area (Å²) < 4.78 is 4.76. The Balaban J connectivity index is 2.36. The molecule has 0 radical (unpaired) electrons. The average Bonchev–Trinajstić information content (AvgIpc) is 2.34. The first-order valence-corrected chi connectivity index (χ1v) is 6.41. The lowest BCUT2D eigenvalue weighted by atomic mass is 9.97. The first-order valence-electron chi connectivity index (χ1n) is 5.36. The van der Waals surface area contributed by atoms with Crippen molar-refractivity contribution < 1.29 is 14.3 Å². The smallest absolute Gasteiger partial charge is 0.354 e. The normalized spacial score (nSPS) is 28.7. The van der Waals surface area contributed by atoms with Gasteiger partial charge in [0.2, 0.25) is 5.91 Å². The Bertz CT molecular complexity index is 377. The average molecular weight is 241 g/mol. The molecule has 0 saturated carbocycles. The molecule has 1 fully saturated rings. The molecule has 16 heavy (non-hydrogen) atoms. The number of β-lactam (4-membered cyclic amide) rings is 1. The Hall–Kier alpha value is -0.970. The molecule has 0 bridgehead atoms. The van der Waals surface area contributed by atoms with E-state index in [1.165, 1.54) is 7.11 Å². The quantitative estimate of drug-likeness (QED) is 0.541. The number of methoxy groups -OCH3 is 1. The number of hydrogen-bond donors (Lipinski definition) is 0. The van der Waals surface area contributed by atoms with Gasteiger partial charge in [0, 0.05) is 5.75 Å². The largest absolute Gasteiger partial charge is 0.464 e. The van der Waals surface area contributed by atoms with Gasteiger partial charge in [-0.25, -0.2) is 4.79 Å². The minimum absolute atomic E-state index is 0.0167. The molecule has 0 aromatic rings. The highest BCUT2D eigenvalue weighted by atomic mass is 32.2. The molecule has 4 nitrogen and oxygen atoms in total. The van der Waals surface area contributed by atoms with E-state index < -0.39 is 0 Å². The third-order valence-electron chi connectivity index (χ3n) is 3.12. The lowest BCUT2D eigenvalue weighted by Gasteiger charge is -2.48. The zero-order valence-electron chi connectivity index (χ0n) is 9.65. The van der Waals surface area contributed by atoms with E-state index in [0.717, 1.165) is 17.7 Å². The number of fused-ring (bicyclic) bond motifs is 1. The topological polar surface area (TPSA) is 46.6 Å². The molecule has 0 spiro atoms. The van der Waals surface area contributed by atoms with Crippen molar-refractivity contribution in [1.29, 1.82) is 0 Å².